The zero-order valence-electron chi connectivity index (χ0n) is 15.6. The number of fused-ring (bicyclic) bond motifs is 1. The van der Waals surface area contributed by atoms with Gasteiger partial charge in [0, 0.05) is 6.54 Å². The van der Waals surface area contributed by atoms with Crippen molar-refractivity contribution in [3.05, 3.63) is 47.8 Å². The summed E-state index contributed by atoms with van der Waals surface area (Å²) in [5.41, 5.74) is 7.35. The Morgan fingerprint density at radius 3 is 2.97 bits per heavy atom. The van der Waals surface area contributed by atoms with Crippen LogP contribution in [-0.4, -0.2) is 55.1 Å². The van der Waals surface area contributed by atoms with Gasteiger partial charge in [-0.15, -0.1) is 4.40 Å². The monoisotopic (exact) mass is 418 g/mol. The van der Waals surface area contributed by atoms with E-state index in [2.05, 4.69) is 19.3 Å². The lowest BCUT2D eigenvalue weighted by Crippen LogP contribution is -2.46. The molecule has 1 aromatic carbocycles. The second-order valence-corrected chi connectivity index (χ2v) is 8.29. The standard InChI is InChI=1S/C18H22N6O4S/c19-17-16-14(22-29(26,27)23-17)5-3-6-15(16)28-11-13-4-1-2-9-24(13)18(25)12-7-8-20-21-10-12/h3,5-8,10,13,22,26-27H,1-2,4,9,11H2,(H2,19,23). The molecule has 2 aromatic rings. The molecule has 0 aliphatic carbocycles. The average molecular weight is 418 g/mol. The number of carbonyl (C=O) groups is 1. The Bertz CT molecular complexity index is 939. The van der Waals surface area contributed by atoms with E-state index < -0.39 is 11.0 Å². The lowest BCUT2D eigenvalue weighted by molar-refractivity contribution is 0.0527. The number of hydrogen-bond acceptors (Lipinski definition) is 9. The molecule has 2 aliphatic rings. The third-order valence-electron chi connectivity index (χ3n) is 4.91. The van der Waals surface area contributed by atoms with E-state index in [9.17, 15) is 13.9 Å². The van der Waals surface area contributed by atoms with E-state index in [-0.39, 0.29) is 24.4 Å². The number of benzene rings is 1. The van der Waals surface area contributed by atoms with Gasteiger partial charge in [0.25, 0.3) is 5.91 Å². The number of nitrogens with zero attached hydrogens (tertiary/aromatic N) is 4. The van der Waals surface area contributed by atoms with Gasteiger partial charge in [-0.05, 0) is 48.4 Å². The van der Waals surface area contributed by atoms with Crippen molar-refractivity contribution in [1.29, 1.82) is 0 Å². The van der Waals surface area contributed by atoms with Gasteiger partial charge >= 0.3 is 0 Å². The van der Waals surface area contributed by atoms with Crippen LogP contribution in [-0.2, 0) is 0 Å². The maximum atomic E-state index is 12.9. The summed E-state index contributed by atoms with van der Waals surface area (Å²) in [6.45, 7) is 0.929. The first-order valence-corrected chi connectivity index (χ1v) is 10.7. The van der Waals surface area contributed by atoms with E-state index in [0.29, 0.717) is 29.1 Å². The molecule has 0 spiro atoms. The van der Waals surface area contributed by atoms with Gasteiger partial charge in [-0.1, -0.05) is 6.07 Å². The lowest BCUT2D eigenvalue weighted by atomic mass is 10.0. The van der Waals surface area contributed by atoms with Gasteiger partial charge in [0.1, 0.15) is 12.4 Å². The number of hydrogen-bond donors (Lipinski definition) is 4. The van der Waals surface area contributed by atoms with E-state index >= 15 is 0 Å². The largest absolute Gasteiger partial charge is 0.491 e. The smallest absolute Gasteiger partial charge is 0.255 e. The van der Waals surface area contributed by atoms with Gasteiger partial charge in [0.15, 0.2) is 5.84 Å². The normalized spacial score (nSPS) is 21.4. The summed E-state index contributed by atoms with van der Waals surface area (Å²) in [5.74, 6) is 0.364. The fraction of sp³-hybridized carbons (Fsp3) is 0.333. The van der Waals surface area contributed by atoms with Crippen molar-refractivity contribution in [2.75, 3.05) is 17.9 Å². The molecule has 154 valence electrons. The molecule has 0 radical (unpaired) electrons. The summed E-state index contributed by atoms with van der Waals surface area (Å²) in [4.78, 5) is 14.7. The molecule has 29 heavy (non-hydrogen) atoms. The van der Waals surface area contributed by atoms with Crippen LogP contribution in [0.3, 0.4) is 0 Å². The summed E-state index contributed by atoms with van der Waals surface area (Å²) in [6.07, 6.45) is 5.72. The molecule has 1 aromatic heterocycles. The van der Waals surface area contributed by atoms with E-state index in [1.807, 2.05) is 4.90 Å². The van der Waals surface area contributed by atoms with E-state index in [4.69, 9.17) is 10.5 Å². The first-order valence-electron chi connectivity index (χ1n) is 9.20. The molecule has 1 amide bonds. The molecule has 10 nitrogen and oxygen atoms in total. The van der Waals surface area contributed by atoms with Gasteiger partial charge in [-0.2, -0.15) is 10.2 Å². The molecule has 1 atom stereocenters. The second-order valence-electron chi connectivity index (χ2n) is 6.87. The van der Waals surface area contributed by atoms with Crippen LogP contribution in [0.1, 0.15) is 35.2 Å². The third kappa shape index (κ3) is 4.11. The van der Waals surface area contributed by atoms with Crippen molar-refractivity contribution in [3.63, 3.8) is 0 Å². The summed E-state index contributed by atoms with van der Waals surface area (Å²) in [6, 6.07) is 6.68. The number of amides is 1. The number of aromatic nitrogens is 2. The summed E-state index contributed by atoms with van der Waals surface area (Å²) in [5, 5.41) is 7.50. The molecule has 1 unspecified atom stereocenters. The lowest BCUT2D eigenvalue weighted by Gasteiger charge is -2.36. The number of amidine groups is 1. The maximum absolute atomic E-state index is 12.9. The maximum Gasteiger partial charge on any atom is 0.255 e. The van der Waals surface area contributed by atoms with Crippen molar-refractivity contribution in [2.45, 2.75) is 25.3 Å². The number of ether oxygens (including phenoxy) is 1. The number of piperidine rings is 1. The molecule has 3 heterocycles. The highest BCUT2D eigenvalue weighted by Gasteiger charge is 2.30. The van der Waals surface area contributed by atoms with E-state index in [0.717, 1.165) is 19.3 Å². The van der Waals surface area contributed by atoms with Crippen LogP contribution in [0.2, 0.25) is 0 Å². The average Bonchev–Trinajstić information content (AvgIpc) is 2.71. The molecule has 0 bridgehead atoms. The molecule has 0 saturated carbocycles. The molecule has 4 rings (SSSR count). The van der Waals surface area contributed by atoms with Crippen LogP contribution in [0.25, 0.3) is 0 Å². The van der Waals surface area contributed by atoms with Crippen LogP contribution in [0.5, 0.6) is 5.75 Å². The highest BCUT2D eigenvalue weighted by atomic mass is 32.3. The predicted molar refractivity (Wildman–Crippen MR) is 110 cm³/mol. The minimum absolute atomic E-state index is 0.00575. The Kier molecular flexibility index (Phi) is 5.26. The molecule has 11 heteroatoms. The highest BCUT2D eigenvalue weighted by Crippen LogP contribution is 2.46. The van der Waals surface area contributed by atoms with Crippen LogP contribution in [0.15, 0.2) is 41.1 Å². The minimum Gasteiger partial charge on any atom is -0.491 e. The van der Waals surface area contributed by atoms with E-state index in [1.165, 1.54) is 12.4 Å². The highest BCUT2D eigenvalue weighted by molar-refractivity contribution is 8.24. The summed E-state index contributed by atoms with van der Waals surface area (Å²) >= 11 is 0. The van der Waals surface area contributed by atoms with Crippen molar-refractivity contribution < 1.29 is 18.6 Å². The number of rotatable bonds is 4. The Morgan fingerprint density at radius 1 is 1.31 bits per heavy atom. The van der Waals surface area contributed by atoms with Crippen molar-refractivity contribution in [1.82, 2.24) is 15.1 Å². The number of likely N-dealkylation sites (tertiary alicyclic amines) is 1. The Balaban J connectivity index is 1.52. The van der Waals surface area contributed by atoms with Crippen molar-refractivity contribution in [3.8, 4) is 5.75 Å². The van der Waals surface area contributed by atoms with Crippen LogP contribution in [0, 0.1) is 0 Å². The molecule has 5 N–H and O–H groups in total. The number of carbonyl (C=O) groups excluding carboxylic acids is 1. The van der Waals surface area contributed by atoms with Gasteiger partial charge in [0.05, 0.1) is 35.2 Å². The molecule has 2 aliphatic heterocycles. The van der Waals surface area contributed by atoms with Gasteiger partial charge in [-0.25, -0.2) is 0 Å². The van der Waals surface area contributed by atoms with Gasteiger partial charge in [-0.3, -0.25) is 18.6 Å². The fourth-order valence-corrected chi connectivity index (χ4v) is 4.44. The molecule has 1 fully saturated rings. The Morgan fingerprint density at radius 2 is 2.17 bits per heavy atom. The van der Waals surface area contributed by atoms with Gasteiger partial charge < -0.3 is 15.4 Å². The SMILES string of the molecule is NC1=NS(O)(O)Nc2cccc(OCC3CCCCN3C(=O)c3ccnnc3)c21. The Hall–Kier alpha value is -2.89. The summed E-state index contributed by atoms with van der Waals surface area (Å²) < 4.78 is 31.9. The zero-order chi connectivity index (χ0) is 20.4. The van der Waals surface area contributed by atoms with Crippen molar-refractivity contribution in [2.24, 2.45) is 10.1 Å². The minimum atomic E-state index is -3.35. The van der Waals surface area contributed by atoms with Crippen LogP contribution in [0.4, 0.5) is 5.69 Å². The fourth-order valence-electron chi connectivity index (χ4n) is 3.56. The number of nitrogens with two attached hydrogens (primary N) is 1. The number of nitrogens with one attached hydrogen (secondary N) is 1. The van der Waals surface area contributed by atoms with Crippen molar-refractivity contribution >= 4 is 28.4 Å². The quantitative estimate of drug-likeness (QED) is 0.591. The molecular weight excluding hydrogens is 396 g/mol. The Labute approximate surface area is 169 Å². The topological polar surface area (TPSA) is 146 Å². The molecule has 1 saturated heterocycles. The van der Waals surface area contributed by atoms with Crippen LogP contribution >= 0.6 is 11.0 Å². The number of anilines is 1. The first kappa shape index (κ1) is 19.4. The zero-order valence-corrected chi connectivity index (χ0v) is 16.4. The second kappa shape index (κ2) is 7.85. The third-order valence-corrected chi connectivity index (χ3v) is 5.85. The van der Waals surface area contributed by atoms with Gasteiger partial charge in [0.2, 0.25) is 0 Å². The predicted octanol–water partition coefficient (Wildman–Crippen LogP) is 2.26. The summed E-state index contributed by atoms with van der Waals surface area (Å²) in [7, 11) is -3.35. The van der Waals surface area contributed by atoms with Crippen LogP contribution < -0.4 is 15.2 Å². The first-order chi connectivity index (χ1) is 13.9. The molecular formula is C18H22N6O4S. The van der Waals surface area contributed by atoms with E-state index in [1.54, 1.807) is 24.3 Å².